The number of nitrogen functional groups attached to an aromatic ring is 1. The van der Waals surface area contributed by atoms with Crippen LogP contribution in [0.4, 0.5) is 23.4 Å². The molecule has 0 atom stereocenters. The summed E-state index contributed by atoms with van der Waals surface area (Å²) in [5.74, 6) is 4.16. The minimum absolute atomic E-state index is 0.152. The van der Waals surface area contributed by atoms with E-state index in [9.17, 15) is 17.6 Å². The number of anilines is 1. The molecular formula is C16H15F4N3O. The van der Waals surface area contributed by atoms with Gasteiger partial charge in [-0.2, -0.15) is 13.2 Å². The first kappa shape index (κ1) is 16.5. The number of pyridine rings is 1. The van der Waals surface area contributed by atoms with E-state index in [2.05, 4.69) is 4.98 Å². The van der Waals surface area contributed by atoms with Crippen molar-refractivity contribution in [2.24, 2.45) is 5.84 Å². The third-order valence-electron chi connectivity index (χ3n) is 4.06. The van der Waals surface area contributed by atoms with Gasteiger partial charge in [0.15, 0.2) is 5.82 Å². The van der Waals surface area contributed by atoms with E-state index in [4.69, 9.17) is 10.6 Å². The van der Waals surface area contributed by atoms with Gasteiger partial charge in [-0.15, -0.1) is 0 Å². The maximum atomic E-state index is 13.2. The van der Waals surface area contributed by atoms with E-state index in [0.29, 0.717) is 12.8 Å². The largest absolute Gasteiger partial charge is 0.490 e. The zero-order valence-corrected chi connectivity index (χ0v) is 12.5. The van der Waals surface area contributed by atoms with Crippen molar-refractivity contribution in [3.63, 3.8) is 0 Å². The van der Waals surface area contributed by atoms with Gasteiger partial charge in [0.1, 0.15) is 17.1 Å². The van der Waals surface area contributed by atoms with Gasteiger partial charge in [-0.3, -0.25) is 0 Å². The van der Waals surface area contributed by atoms with Crippen molar-refractivity contribution in [2.45, 2.75) is 31.0 Å². The monoisotopic (exact) mass is 341 g/mol. The number of benzene rings is 1. The molecule has 1 aliphatic carbocycles. The summed E-state index contributed by atoms with van der Waals surface area (Å²) in [5, 5.41) is 0. The van der Waals surface area contributed by atoms with Crippen molar-refractivity contribution in [2.75, 3.05) is 5.43 Å². The number of ether oxygens (including phenoxy) is 1. The van der Waals surface area contributed by atoms with Crippen LogP contribution in [0.25, 0.3) is 0 Å². The maximum Gasteiger partial charge on any atom is 0.423 e. The summed E-state index contributed by atoms with van der Waals surface area (Å²) in [6.07, 6.45) is -2.64. The fourth-order valence-corrected chi connectivity index (χ4v) is 2.77. The minimum atomic E-state index is -4.63. The maximum absolute atomic E-state index is 13.2. The molecule has 0 radical (unpaired) electrons. The van der Waals surface area contributed by atoms with Crippen LogP contribution in [-0.4, -0.2) is 11.1 Å². The summed E-state index contributed by atoms with van der Waals surface area (Å²) in [7, 11) is 0. The number of halogens is 4. The van der Waals surface area contributed by atoms with Crippen LogP contribution in [0.5, 0.6) is 5.75 Å². The van der Waals surface area contributed by atoms with Crippen molar-refractivity contribution in [3.8, 4) is 5.75 Å². The lowest BCUT2D eigenvalue weighted by molar-refractivity contribution is -0.139. The Morgan fingerprint density at radius 2 is 1.79 bits per heavy atom. The van der Waals surface area contributed by atoms with Crippen LogP contribution in [0.1, 0.15) is 29.9 Å². The van der Waals surface area contributed by atoms with E-state index >= 15 is 0 Å². The predicted molar refractivity (Wildman–Crippen MR) is 79.8 cm³/mol. The van der Waals surface area contributed by atoms with E-state index < -0.39 is 17.6 Å². The average molecular weight is 341 g/mol. The molecule has 1 heterocycles. The number of nitrogens with one attached hydrogen (secondary N) is 1. The zero-order chi connectivity index (χ0) is 17.3. The summed E-state index contributed by atoms with van der Waals surface area (Å²) in [5.41, 5.74) is 1.88. The molecule has 3 rings (SSSR count). The van der Waals surface area contributed by atoms with Crippen LogP contribution in [-0.2, 0) is 6.18 Å². The lowest BCUT2D eigenvalue weighted by Gasteiger charge is -2.36. The highest BCUT2D eigenvalue weighted by Gasteiger charge is 2.40. The van der Waals surface area contributed by atoms with Gasteiger partial charge in [-0.05, 0) is 42.5 Å². The van der Waals surface area contributed by atoms with Gasteiger partial charge in [-0.1, -0.05) is 12.1 Å². The Morgan fingerprint density at radius 3 is 2.38 bits per heavy atom. The Balaban J connectivity index is 1.71. The van der Waals surface area contributed by atoms with Crippen molar-refractivity contribution in [1.29, 1.82) is 0 Å². The summed E-state index contributed by atoms with van der Waals surface area (Å²) in [6.45, 7) is 0. The molecule has 24 heavy (non-hydrogen) atoms. The molecule has 8 heteroatoms. The molecule has 1 aliphatic rings. The van der Waals surface area contributed by atoms with Gasteiger partial charge in [0, 0.05) is 6.20 Å². The Bertz CT molecular complexity index is 712. The number of nitrogens with two attached hydrogens (primary N) is 1. The number of alkyl halides is 3. The fraction of sp³-hybridized carbons (Fsp3) is 0.312. The van der Waals surface area contributed by atoms with Crippen LogP contribution in [0, 0.1) is 5.82 Å². The highest BCUT2D eigenvalue weighted by molar-refractivity contribution is 5.53. The Kier molecular flexibility index (Phi) is 4.31. The molecule has 1 saturated carbocycles. The van der Waals surface area contributed by atoms with E-state index in [1.165, 1.54) is 24.4 Å². The van der Waals surface area contributed by atoms with E-state index in [1.807, 2.05) is 5.43 Å². The molecular weight excluding hydrogens is 326 g/mol. The SMILES string of the molecule is NNc1nccc(O[C@H]2C[C@H](c3ccc(F)cc3)C2)c1C(F)(F)F. The zero-order valence-electron chi connectivity index (χ0n) is 12.5. The molecule has 1 aromatic carbocycles. The predicted octanol–water partition coefficient (Wildman–Crippen LogP) is 3.85. The number of hydrogen-bond acceptors (Lipinski definition) is 4. The lowest BCUT2D eigenvalue weighted by atomic mass is 9.77. The first-order valence-corrected chi connectivity index (χ1v) is 7.33. The normalized spacial score (nSPS) is 20.4. The van der Waals surface area contributed by atoms with E-state index in [1.54, 1.807) is 12.1 Å². The summed E-state index contributed by atoms with van der Waals surface area (Å²) >= 11 is 0. The quantitative estimate of drug-likeness (QED) is 0.504. The first-order valence-electron chi connectivity index (χ1n) is 7.33. The first-order chi connectivity index (χ1) is 11.4. The smallest absolute Gasteiger partial charge is 0.423 e. The lowest BCUT2D eigenvalue weighted by Crippen LogP contribution is -2.33. The van der Waals surface area contributed by atoms with Crippen LogP contribution in [0.3, 0.4) is 0 Å². The number of hydrogen-bond donors (Lipinski definition) is 2. The van der Waals surface area contributed by atoms with Gasteiger partial charge in [0.2, 0.25) is 0 Å². The van der Waals surface area contributed by atoms with Crippen molar-refractivity contribution < 1.29 is 22.3 Å². The van der Waals surface area contributed by atoms with Crippen molar-refractivity contribution in [1.82, 2.24) is 4.98 Å². The van der Waals surface area contributed by atoms with Crippen LogP contribution >= 0.6 is 0 Å². The molecule has 2 aromatic rings. The second-order valence-corrected chi connectivity index (χ2v) is 5.63. The molecule has 0 spiro atoms. The summed E-state index contributed by atoms with van der Waals surface area (Å²) in [6, 6.07) is 7.27. The molecule has 0 amide bonds. The van der Waals surface area contributed by atoms with Gasteiger partial charge in [0.05, 0.1) is 6.10 Å². The summed E-state index contributed by atoms with van der Waals surface area (Å²) < 4.78 is 58.0. The molecule has 1 aromatic heterocycles. The number of aromatic nitrogens is 1. The number of nitrogens with zero attached hydrogens (tertiary/aromatic N) is 1. The third kappa shape index (κ3) is 3.28. The van der Waals surface area contributed by atoms with Crippen LogP contribution in [0.2, 0.25) is 0 Å². The highest BCUT2D eigenvalue weighted by atomic mass is 19.4. The molecule has 0 bridgehead atoms. The van der Waals surface area contributed by atoms with Gasteiger partial charge < -0.3 is 10.2 Å². The second-order valence-electron chi connectivity index (χ2n) is 5.63. The third-order valence-corrected chi connectivity index (χ3v) is 4.06. The Hall–Kier alpha value is -2.35. The molecule has 4 nitrogen and oxygen atoms in total. The highest BCUT2D eigenvalue weighted by Crippen LogP contribution is 2.44. The second kappa shape index (κ2) is 6.27. The van der Waals surface area contributed by atoms with Crippen LogP contribution < -0.4 is 16.0 Å². The molecule has 0 saturated heterocycles. The standard InChI is InChI=1S/C16H15F4N3O/c17-11-3-1-9(2-4-11)10-7-12(8-10)24-13-5-6-22-15(23-21)14(13)16(18,19)20/h1-6,10,12H,7-8,21H2,(H,22,23)/t10-,12-. The van der Waals surface area contributed by atoms with Crippen LogP contribution in [0.15, 0.2) is 36.5 Å². The van der Waals surface area contributed by atoms with Gasteiger partial charge in [-0.25, -0.2) is 15.2 Å². The molecule has 1 fully saturated rings. The minimum Gasteiger partial charge on any atom is -0.490 e. The average Bonchev–Trinajstić information content (AvgIpc) is 2.50. The summed E-state index contributed by atoms with van der Waals surface area (Å²) in [4.78, 5) is 3.57. The van der Waals surface area contributed by atoms with Gasteiger partial charge in [0.25, 0.3) is 0 Å². The van der Waals surface area contributed by atoms with Crippen molar-refractivity contribution in [3.05, 3.63) is 53.5 Å². The van der Waals surface area contributed by atoms with E-state index in [-0.39, 0.29) is 23.6 Å². The fourth-order valence-electron chi connectivity index (χ4n) is 2.77. The van der Waals surface area contributed by atoms with E-state index in [0.717, 1.165) is 5.56 Å². The molecule has 0 unspecified atom stereocenters. The molecule has 3 N–H and O–H groups in total. The number of hydrazine groups is 1. The number of rotatable bonds is 4. The molecule has 0 aliphatic heterocycles. The molecule has 128 valence electrons. The van der Waals surface area contributed by atoms with Gasteiger partial charge >= 0.3 is 6.18 Å². The van der Waals surface area contributed by atoms with Crippen molar-refractivity contribution >= 4 is 5.82 Å². The topological polar surface area (TPSA) is 60.2 Å². The Morgan fingerprint density at radius 1 is 1.12 bits per heavy atom. The Labute approximate surface area is 135 Å².